The first-order valence-electron chi connectivity index (χ1n) is 9.92. The van der Waals surface area contributed by atoms with Crippen LogP contribution >= 0.6 is 11.6 Å². The average Bonchev–Trinajstić information content (AvgIpc) is 3.34. The Morgan fingerprint density at radius 2 is 2.07 bits per heavy atom. The molecule has 0 spiro atoms. The van der Waals surface area contributed by atoms with Crippen molar-refractivity contribution in [1.29, 1.82) is 0 Å². The van der Waals surface area contributed by atoms with Crippen molar-refractivity contribution in [3.05, 3.63) is 17.4 Å². The van der Waals surface area contributed by atoms with Crippen molar-refractivity contribution < 1.29 is 10.2 Å². The highest BCUT2D eigenvalue weighted by Crippen LogP contribution is 2.41. The molecule has 0 bridgehead atoms. The maximum Gasteiger partial charge on any atom is 0.160 e. The van der Waals surface area contributed by atoms with Gasteiger partial charge in [-0.3, -0.25) is 4.68 Å². The van der Waals surface area contributed by atoms with Crippen LogP contribution in [0.25, 0.3) is 10.9 Å². The van der Waals surface area contributed by atoms with Gasteiger partial charge in [0.05, 0.1) is 23.1 Å². The molecular weight excluding hydrogens is 364 g/mol. The van der Waals surface area contributed by atoms with Crippen LogP contribution in [0.15, 0.2) is 12.3 Å². The van der Waals surface area contributed by atoms with Crippen molar-refractivity contribution in [1.82, 2.24) is 14.8 Å². The Labute approximate surface area is 165 Å². The summed E-state index contributed by atoms with van der Waals surface area (Å²) >= 11 is 6.18. The maximum atomic E-state index is 10.4. The lowest BCUT2D eigenvalue weighted by Gasteiger charge is -2.26. The molecule has 0 radical (unpaired) electrons. The third kappa shape index (κ3) is 3.55. The minimum absolute atomic E-state index is 0.0907. The first-order valence-corrected chi connectivity index (χ1v) is 10.3. The third-order valence-corrected chi connectivity index (χ3v) is 6.76. The average molecular weight is 393 g/mol. The third-order valence-electron chi connectivity index (χ3n) is 6.55. The Bertz CT molecular complexity index is 823. The lowest BCUT2D eigenvalue weighted by Crippen LogP contribution is -2.33. The second-order valence-corrected chi connectivity index (χ2v) is 9.34. The van der Waals surface area contributed by atoms with E-state index in [1.165, 1.54) is 0 Å². The van der Waals surface area contributed by atoms with Gasteiger partial charge in [-0.25, -0.2) is 4.98 Å². The van der Waals surface area contributed by atoms with E-state index in [1.54, 1.807) is 6.20 Å². The molecule has 1 aliphatic carbocycles. The number of nitrogens with zero attached hydrogens (tertiary/aromatic N) is 4. The molecule has 148 valence electrons. The van der Waals surface area contributed by atoms with Crippen LogP contribution in [0.5, 0.6) is 0 Å². The molecule has 0 unspecified atom stereocenters. The van der Waals surface area contributed by atoms with Crippen molar-refractivity contribution in [3.8, 4) is 0 Å². The summed E-state index contributed by atoms with van der Waals surface area (Å²) in [4.78, 5) is 6.52. The van der Waals surface area contributed by atoms with Gasteiger partial charge in [0.15, 0.2) is 5.82 Å². The van der Waals surface area contributed by atoms with Crippen LogP contribution in [0, 0.1) is 11.3 Å². The molecule has 3 heterocycles. The molecule has 2 fully saturated rings. The van der Waals surface area contributed by atoms with Crippen LogP contribution in [0.2, 0.25) is 5.15 Å². The van der Waals surface area contributed by atoms with E-state index in [9.17, 15) is 10.2 Å². The summed E-state index contributed by atoms with van der Waals surface area (Å²) in [6.07, 6.45) is 7.13. The topological polar surface area (TPSA) is 74.4 Å². The first kappa shape index (κ1) is 19.0. The molecule has 1 atom stereocenters. The number of rotatable bonds is 5. The summed E-state index contributed by atoms with van der Waals surface area (Å²) in [5, 5.41) is 26.8. The van der Waals surface area contributed by atoms with Crippen LogP contribution in [-0.2, 0) is 6.54 Å². The van der Waals surface area contributed by atoms with E-state index in [2.05, 4.69) is 9.88 Å². The predicted octanol–water partition coefficient (Wildman–Crippen LogP) is 3.23. The monoisotopic (exact) mass is 392 g/mol. The molecule has 6 nitrogen and oxygen atoms in total. The van der Waals surface area contributed by atoms with Crippen LogP contribution in [0.1, 0.15) is 46.0 Å². The van der Waals surface area contributed by atoms with Gasteiger partial charge in [0, 0.05) is 43.2 Å². The number of aliphatic hydroxyl groups is 2. The smallest absolute Gasteiger partial charge is 0.160 e. The summed E-state index contributed by atoms with van der Waals surface area (Å²) in [6.45, 7) is 6.29. The van der Waals surface area contributed by atoms with E-state index in [1.807, 2.05) is 24.6 Å². The maximum absolute atomic E-state index is 10.4. The Hall–Kier alpha value is -1.37. The Morgan fingerprint density at radius 3 is 2.70 bits per heavy atom. The molecule has 0 aromatic carbocycles. The molecule has 7 heteroatoms. The predicted molar refractivity (Wildman–Crippen MR) is 107 cm³/mol. The van der Waals surface area contributed by atoms with Crippen LogP contribution in [0.4, 0.5) is 5.82 Å². The van der Waals surface area contributed by atoms with Crippen molar-refractivity contribution in [2.45, 2.75) is 58.1 Å². The molecular formula is C20H29ClN4O2. The molecule has 2 aromatic heterocycles. The summed E-state index contributed by atoms with van der Waals surface area (Å²) < 4.78 is 2.01. The minimum atomic E-state index is -0.695. The Morgan fingerprint density at radius 1 is 1.33 bits per heavy atom. The second kappa shape index (κ2) is 6.90. The van der Waals surface area contributed by atoms with E-state index in [0.29, 0.717) is 11.7 Å². The molecule has 2 aliphatic rings. The number of fused-ring (bicyclic) bond motifs is 1. The fourth-order valence-electron chi connectivity index (χ4n) is 4.72. The van der Waals surface area contributed by atoms with Gasteiger partial charge in [0.1, 0.15) is 5.15 Å². The Kier molecular flexibility index (Phi) is 4.85. The standard InChI is InChI=1S/C20H29ClN4O2/c1-19(2,27)14-5-8-24(11-14)18-15-10-22-17(21)9-16(15)25(23-18)12-20(13-26)6-3-4-7-20/h9-10,14,26-27H,3-8,11-13H2,1-2H3/t14-/m1/s1. The van der Waals surface area contributed by atoms with Crippen LogP contribution in [0.3, 0.4) is 0 Å². The normalized spacial score (nSPS) is 22.9. The van der Waals surface area contributed by atoms with Gasteiger partial charge in [0.25, 0.3) is 0 Å². The zero-order valence-electron chi connectivity index (χ0n) is 16.2. The van der Waals surface area contributed by atoms with E-state index in [4.69, 9.17) is 16.7 Å². The molecule has 2 N–H and O–H groups in total. The summed E-state index contributed by atoms with van der Waals surface area (Å²) in [5.74, 6) is 1.13. The molecule has 2 aromatic rings. The Balaban J connectivity index is 1.70. The summed E-state index contributed by atoms with van der Waals surface area (Å²) in [6, 6.07) is 1.87. The minimum Gasteiger partial charge on any atom is -0.396 e. The lowest BCUT2D eigenvalue weighted by molar-refractivity contribution is 0.0263. The highest BCUT2D eigenvalue weighted by Gasteiger charge is 2.37. The largest absolute Gasteiger partial charge is 0.396 e. The van der Waals surface area contributed by atoms with Gasteiger partial charge in [-0.1, -0.05) is 24.4 Å². The van der Waals surface area contributed by atoms with Gasteiger partial charge in [-0.2, -0.15) is 5.10 Å². The molecule has 1 saturated heterocycles. The summed E-state index contributed by atoms with van der Waals surface area (Å²) in [5.41, 5.74) is 0.183. The van der Waals surface area contributed by atoms with Crippen molar-refractivity contribution in [2.24, 2.45) is 11.3 Å². The van der Waals surface area contributed by atoms with Gasteiger partial charge in [-0.05, 0) is 33.1 Å². The van der Waals surface area contributed by atoms with Gasteiger partial charge < -0.3 is 15.1 Å². The lowest BCUT2D eigenvalue weighted by atomic mass is 9.87. The number of anilines is 1. The number of pyridine rings is 1. The molecule has 27 heavy (non-hydrogen) atoms. The number of halogens is 1. The fraction of sp³-hybridized carbons (Fsp3) is 0.700. The highest BCUT2D eigenvalue weighted by molar-refractivity contribution is 6.30. The van der Waals surface area contributed by atoms with Crippen LogP contribution in [-0.4, -0.2) is 50.3 Å². The second-order valence-electron chi connectivity index (χ2n) is 8.96. The number of hydrogen-bond acceptors (Lipinski definition) is 5. The fourth-order valence-corrected chi connectivity index (χ4v) is 4.87. The number of aromatic nitrogens is 3. The quantitative estimate of drug-likeness (QED) is 0.764. The summed E-state index contributed by atoms with van der Waals surface area (Å²) in [7, 11) is 0. The number of hydrogen-bond donors (Lipinski definition) is 2. The first-order chi connectivity index (χ1) is 12.8. The van der Waals surface area contributed by atoms with Gasteiger partial charge in [0.2, 0.25) is 0 Å². The molecule has 0 amide bonds. The van der Waals surface area contributed by atoms with Gasteiger partial charge in [-0.15, -0.1) is 0 Å². The van der Waals surface area contributed by atoms with E-state index in [-0.39, 0.29) is 17.9 Å². The molecule has 1 saturated carbocycles. The van der Waals surface area contributed by atoms with E-state index in [0.717, 1.165) is 61.9 Å². The molecule has 4 rings (SSSR count). The van der Waals surface area contributed by atoms with E-state index < -0.39 is 5.60 Å². The van der Waals surface area contributed by atoms with Crippen molar-refractivity contribution in [2.75, 3.05) is 24.6 Å². The SMILES string of the molecule is CC(C)(O)[C@@H]1CCN(c2nn(CC3(CO)CCCC3)c3cc(Cl)ncc23)C1. The van der Waals surface area contributed by atoms with E-state index >= 15 is 0 Å². The zero-order valence-corrected chi connectivity index (χ0v) is 16.9. The van der Waals surface area contributed by atoms with Crippen molar-refractivity contribution in [3.63, 3.8) is 0 Å². The zero-order chi connectivity index (χ0) is 19.2. The number of aliphatic hydroxyl groups excluding tert-OH is 1. The van der Waals surface area contributed by atoms with Crippen LogP contribution < -0.4 is 4.90 Å². The highest BCUT2D eigenvalue weighted by atomic mass is 35.5. The molecule has 1 aliphatic heterocycles. The van der Waals surface area contributed by atoms with Gasteiger partial charge >= 0.3 is 0 Å². The van der Waals surface area contributed by atoms with Crippen molar-refractivity contribution >= 4 is 28.3 Å².